The molecular weight excluding hydrogens is 294 g/mol. The van der Waals surface area contributed by atoms with Crippen molar-refractivity contribution in [3.8, 4) is 6.07 Å². The van der Waals surface area contributed by atoms with Gasteiger partial charge in [0.15, 0.2) is 0 Å². The summed E-state index contributed by atoms with van der Waals surface area (Å²) in [6.45, 7) is 1.55. The third-order valence-corrected chi connectivity index (χ3v) is 2.91. The summed E-state index contributed by atoms with van der Waals surface area (Å²) >= 11 is 5.89. The van der Waals surface area contributed by atoms with Gasteiger partial charge in [0.25, 0.3) is 5.91 Å². The van der Waals surface area contributed by atoms with Crippen LogP contribution in [0.25, 0.3) is 11.0 Å². The summed E-state index contributed by atoms with van der Waals surface area (Å²) in [4.78, 5) is 23.0. The second-order valence-electron chi connectivity index (χ2n) is 4.20. The maximum Gasteiger partial charge on any atom is 0.345 e. The Bertz CT molecular complexity index is 833. The zero-order valence-corrected chi connectivity index (χ0v) is 11.8. The van der Waals surface area contributed by atoms with Crippen LogP contribution >= 0.6 is 11.6 Å². The normalized spacial score (nSPS) is 11.2. The maximum absolute atomic E-state index is 11.9. The first-order valence-electron chi connectivity index (χ1n) is 5.95. The summed E-state index contributed by atoms with van der Waals surface area (Å²) in [7, 11) is 0. The molecule has 0 fully saturated rings. The van der Waals surface area contributed by atoms with Gasteiger partial charge in [-0.2, -0.15) is 10.4 Å². The molecule has 0 aliphatic rings. The van der Waals surface area contributed by atoms with E-state index >= 15 is 0 Å². The molecule has 0 atom stereocenters. The van der Waals surface area contributed by atoms with Gasteiger partial charge in [-0.25, -0.2) is 10.2 Å². The fourth-order valence-corrected chi connectivity index (χ4v) is 1.84. The second kappa shape index (κ2) is 6.20. The van der Waals surface area contributed by atoms with Gasteiger partial charge < -0.3 is 4.42 Å². The van der Waals surface area contributed by atoms with Gasteiger partial charge in [0, 0.05) is 10.4 Å². The molecule has 2 rings (SSSR count). The lowest BCUT2D eigenvalue weighted by Gasteiger charge is -2.03. The number of amides is 1. The van der Waals surface area contributed by atoms with E-state index in [1.807, 2.05) is 0 Å². The highest BCUT2D eigenvalue weighted by Gasteiger charge is 2.09. The zero-order valence-electron chi connectivity index (χ0n) is 11.0. The van der Waals surface area contributed by atoms with E-state index in [1.54, 1.807) is 37.3 Å². The second-order valence-corrected chi connectivity index (χ2v) is 4.63. The molecule has 6 nitrogen and oxygen atoms in total. The molecule has 1 amide bonds. The maximum atomic E-state index is 11.9. The number of nitriles is 1. The van der Waals surface area contributed by atoms with Gasteiger partial charge in [-0.15, -0.1) is 0 Å². The van der Waals surface area contributed by atoms with Gasteiger partial charge in [0.05, 0.1) is 17.3 Å². The van der Waals surface area contributed by atoms with E-state index in [2.05, 4.69) is 10.5 Å². The zero-order chi connectivity index (χ0) is 15.4. The van der Waals surface area contributed by atoms with Gasteiger partial charge >= 0.3 is 5.63 Å². The van der Waals surface area contributed by atoms with Crippen molar-refractivity contribution >= 4 is 34.2 Å². The number of hydrazone groups is 1. The van der Waals surface area contributed by atoms with Crippen LogP contribution in [0, 0.1) is 11.3 Å². The van der Waals surface area contributed by atoms with E-state index in [4.69, 9.17) is 21.3 Å². The van der Waals surface area contributed by atoms with E-state index in [9.17, 15) is 9.59 Å². The van der Waals surface area contributed by atoms with Crippen LogP contribution < -0.4 is 11.1 Å². The molecule has 0 aliphatic carbocycles. The van der Waals surface area contributed by atoms with E-state index < -0.39 is 11.5 Å². The van der Waals surface area contributed by atoms with E-state index in [0.29, 0.717) is 16.0 Å². The Morgan fingerprint density at radius 2 is 2.24 bits per heavy atom. The Labute approximate surface area is 124 Å². The summed E-state index contributed by atoms with van der Waals surface area (Å²) < 4.78 is 5.16. The number of halogens is 1. The number of nitrogens with one attached hydrogen (secondary N) is 1. The van der Waals surface area contributed by atoms with Gasteiger partial charge in [0.2, 0.25) is 0 Å². The molecule has 0 aliphatic heterocycles. The third-order valence-electron chi connectivity index (χ3n) is 2.67. The number of benzene rings is 1. The predicted octanol–water partition coefficient (Wildman–Crippen LogP) is 2.20. The van der Waals surface area contributed by atoms with Crippen molar-refractivity contribution in [1.29, 1.82) is 5.26 Å². The molecule has 0 radical (unpaired) electrons. The smallest absolute Gasteiger partial charge is 0.345 e. The summed E-state index contributed by atoms with van der Waals surface area (Å²) in [5.41, 5.74) is 2.52. The molecule has 0 bridgehead atoms. The first-order valence-corrected chi connectivity index (χ1v) is 6.33. The summed E-state index contributed by atoms with van der Waals surface area (Å²) in [6, 6.07) is 8.16. The molecule has 1 heterocycles. The molecular formula is C14H10ClN3O3. The van der Waals surface area contributed by atoms with Gasteiger partial charge in [-0.3, -0.25) is 4.79 Å². The SMILES string of the molecule is C/C(=N/NC(=O)CC#N)c1cc2cc(Cl)ccc2oc1=O. The summed E-state index contributed by atoms with van der Waals surface area (Å²) in [5, 5.41) is 13.3. The average molecular weight is 304 g/mol. The van der Waals surface area contributed by atoms with E-state index in [0.717, 1.165) is 0 Å². The minimum Gasteiger partial charge on any atom is -0.422 e. The number of rotatable bonds is 3. The first-order chi connectivity index (χ1) is 10.0. The fraction of sp³-hybridized carbons (Fsp3) is 0.143. The van der Waals surface area contributed by atoms with Crippen molar-refractivity contribution in [2.24, 2.45) is 5.10 Å². The Hall–Kier alpha value is -2.65. The number of nitrogens with zero attached hydrogens (tertiary/aromatic N) is 2. The minimum absolute atomic E-state index is 0.210. The lowest BCUT2D eigenvalue weighted by atomic mass is 10.1. The van der Waals surface area contributed by atoms with E-state index in [1.165, 1.54) is 0 Å². The highest BCUT2D eigenvalue weighted by Crippen LogP contribution is 2.18. The third kappa shape index (κ3) is 3.46. The average Bonchev–Trinajstić information content (AvgIpc) is 2.45. The highest BCUT2D eigenvalue weighted by atomic mass is 35.5. The number of carbonyl (C=O) groups is 1. The van der Waals surface area contributed by atoms with Crippen LogP contribution in [-0.4, -0.2) is 11.6 Å². The Kier molecular flexibility index (Phi) is 4.36. The lowest BCUT2D eigenvalue weighted by molar-refractivity contribution is -0.120. The molecule has 0 saturated heterocycles. The number of carbonyl (C=O) groups excluding carboxylic acids is 1. The van der Waals surface area contributed by atoms with Gasteiger partial charge in [0.1, 0.15) is 12.0 Å². The molecule has 106 valence electrons. The predicted molar refractivity (Wildman–Crippen MR) is 78.1 cm³/mol. The van der Waals surface area contributed by atoms with Crippen LogP contribution in [0.3, 0.4) is 0 Å². The van der Waals surface area contributed by atoms with Crippen molar-refractivity contribution in [1.82, 2.24) is 5.43 Å². The van der Waals surface area contributed by atoms with Crippen molar-refractivity contribution in [2.45, 2.75) is 13.3 Å². The molecule has 0 spiro atoms. The quantitative estimate of drug-likeness (QED) is 0.534. The number of fused-ring (bicyclic) bond motifs is 1. The van der Waals surface area contributed by atoms with Crippen LogP contribution in [0.15, 0.2) is 38.6 Å². The van der Waals surface area contributed by atoms with Crippen LogP contribution in [0.1, 0.15) is 18.9 Å². The van der Waals surface area contributed by atoms with Gasteiger partial charge in [-0.05, 0) is 31.2 Å². The van der Waals surface area contributed by atoms with Crippen molar-refractivity contribution in [3.63, 3.8) is 0 Å². The molecule has 2 aromatic rings. The first kappa shape index (κ1) is 14.8. The lowest BCUT2D eigenvalue weighted by Crippen LogP contribution is -2.20. The fourth-order valence-electron chi connectivity index (χ4n) is 1.66. The summed E-state index contributed by atoms with van der Waals surface area (Å²) in [5.74, 6) is -0.551. The van der Waals surface area contributed by atoms with Gasteiger partial charge in [-0.1, -0.05) is 11.6 Å². The van der Waals surface area contributed by atoms with Crippen molar-refractivity contribution in [2.75, 3.05) is 0 Å². The molecule has 1 aromatic heterocycles. The largest absolute Gasteiger partial charge is 0.422 e. The Balaban J connectivity index is 2.39. The molecule has 0 unspecified atom stereocenters. The Morgan fingerprint density at radius 1 is 1.48 bits per heavy atom. The van der Waals surface area contributed by atoms with E-state index in [-0.39, 0.29) is 17.7 Å². The topological polar surface area (TPSA) is 95.5 Å². The molecule has 7 heteroatoms. The number of hydrogen-bond donors (Lipinski definition) is 1. The van der Waals surface area contributed by atoms with Crippen molar-refractivity contribution in [3.05, 3.63) is 45.3 Å². The monoisotopic (exact) mass is 303 g/mol. The minimum atomic E-state index is -0.569. The Morgan fingerprint density at radius 3 is 2.95 bits per heavy atom. The standard InChI is InChI=1S/C14H10ClN3O3/c1-8(17-18-13(19)4-5-16)11-7-9-6-10(15)2-3-12(9)21-14(11)20/h2-3,6-7H,4H2,1H3,(H,18,19)/b17-8-. The van der Waals surface area contributed by atoms with Crippen LogP contribution in [0.5, 0.6) is 0 Å². The number of hydrogen-bond acceptors (Lipinski definition) is 5. The molecule has 1 aromatic carbocycles. The molecule has 1 N–H and O–H groups in total. The summed E-state index contributed by atoms with van der Waals surface area (Å²) in [6.07, 6.45) is -0.307. The highest BCUT2D eigenvalue weighted by molar-refractivity contribution is 6.31. The van der Waals surface area contributed by atoms with Crippen molar-refractivity contribution < 1.29 is 9.21 Å². The van der Waals surface area contributed by atoms with Crippen LogP contribution in [0.2, 0.25) is 5.02 Å². The molecule has 21 heavy (non-hydrogen) atoms. The van der Waals surface area contributed by atoms with Crippen LogP contribution in [-0.2, 0) is 4.79 Å². The van der Waals surface area contributed by atoms with Crippen LogP contribution in [0.4, 0.5) is 0 Å². The molecule has 0 saturated carbocycles.